The molecular weight excluding hydrogens is 1080 g/mol. The highest BCUT2D eigenvalue weighted by Crippen LogP contribution is 2.45. The van der Waals surface area contributed by atoms with E-state index in [0.717, 1.165) is 103 Å². The number of esters is 4. The van der Waals surface area contributed by atoms with E-state index in [-0.39, 0.29) is 25.7 Å². The molecule has 81 heavy (non-hydrogen) atoms. The third-order valence-corrected chi connectivity index (χ3v) is 16.1. The van der Waals surface area contributed by atoms with Crippen molar-refractivity contribution in [3.05, 3.63) is 0 Å². The van der Waals surface area contributed by atoms with Crippen LogP contribution in [0.25, 0.3) is 0 Å². The van der Waals surface area contributed by atoms with Crippen molar-refractivity contribution in [3.63, 3.8) is 0 Å². The van der Waals surface area contributed by atoms with E-state index in [4.69, 9.17) is 37.0 Å². The molecule has 0 rings (SSSR count). The molecule has 480 valence electrons. The van der Waals surface area contributed by atoms with Gasteiger partial charge in [-0.25, -0.2) is 9.13 Å². The molecule has 0 bridgehead atoms. The van der Waals surface area contributed by atoms with Crippen LogP contribution in [0.1, 0.15) is 305 Å². The Morgan fingerprint density at radius 2 is 0.568 bits per heavy atom. The predicted octanol–water partition coefficient (Wildman–Crippen LogP) is 16.9. The van der Waals surface area contributed by atoms with Crippen molar-refractivity contribution < 1.29 is 80.2 Å². The Labute approximate surface area is 492 Å². The van der Waals surface area contributed by atoms with Gasteiger partial charge >= 0.3 is 39.5 Å². The molecular formula is C62H120O17P2. The summed E-state index contributed by atoms with van der Waals surface area (Å²) in [6, 6.07) is 0. The van der Waals surface area contributed by atoms with Crippen LogP contribution in [-0.2, 0) is 65.4 Å². The molecule has 0 amide bonds. The molecule has 0 aliphatic carbocycles. The SMILES string of the molecule is CCCCCCCCCCCCCCCCCCCCC(=O)O[C@H](COC(=O)CCCCCCCCC(C)C)COP(=O)(O)OC[C@@H](O)COP(=O)(O)OC[C@@H](COC(=O)CCCCCCC)OC(=O)CCCCCCCCC(C)C. The van der Waals surface area contributed by atoms with Gasteiger partial charge in [-0.1, -0.05) is 253 Å². The predicted molar refractivity (Wildman–Crippen MR) is 321 cm³/mol. The molecule has 17 nitrogen and oxygen atoms in total. The number of hydrogen-bond donors (Lipinski definition) is 3. The highest BCUT2D eigenvalue weighted by molar-refractivity contribution is 7.47. The Morgan fingerprint density at radius 3 is 0.840 bits per heavy atom. The molecule has 0 aromatic carbocycles. The van der Waals surface area contributed by atoms with E-state index in [2.05, 4.69) is 41.5 Å². The van der Waals surface area contributed by atoms with Gasteiger partial charge in [0.25, 0.3) is 0 Å². The van der Waals surface area contributed by atoms with Crippen LogP contribution in [0, 0.1) is 11.8 Å². The quantitative estimate of drug-likeness (QED) is 0.0222. The van der Waals surface area contributed by atoms with Crippen molar-refractivity contribution in [3.8, 4) is 0 Å². The summed E-state index contributed by atoms with van der Waals surface area (Å²) in [6.45, 7) is 9.21. The molecule has 0 aromatic rings. The van der Waals surface area contributed by atoms with Crippen molar-refractivity contribution in [2.24, 2.45) is 11.8 Å². The third-order valence-electron chi connectivity index (χ3n) is 14.2. The lowest BCUT2D eigenvalue weighted by Gasteiger charge is -2.21. The number of hydrogen-bond acceptors (Lipinski definition) is 15. The van der Waals surface area contributed by atoms with E-state index in [0.29, 0.717) is 37.5 Å². The number of phosphoric acid groups is 2. The Bertz CT molecular complexity index is 1600. The van der Waals surface area contributed by atoms with E-state index in [1.54, 1.807) is 0 Å². The number of ether oxygens (including phenoxy) is 4. The fourth-order valence-corrected chi connectivity index (χ4v) is 10.8. The average Bonchev–Trinajstić information content (AvgIpc) is 3.42. The van der Waals surface area contributed by atoms with Gasteiger partial charge < -0.3 is 33.8 Å². The number of aliphatic hydroxyl groups excluding tert-OH is 1. The van der Waals surface area contributed by atoms with Gasteiger partial charge in [0.15, 0.2) is 12.2 Å². The van der Waals surface area contributed by atoms with Crippen LogP contribution in [0.2, 0.25) is 0 Å². The first-order valence-corrected chi connectivity index (χ1v) is 35.5. The number of carbonyl (C=O) groups excluding carboxylic acids is 4. The third kappa shape index (κ3) is 56.9. The molecule has 0 aromatic heterocycles. The van der Waals surface area contributed by atoms with Crippen molar-refractivity contribution >= 4 is 39.5 Å². The largest absolute Gasteiger partial charge is 0.472 e. The first kappa shape index (κ1) is 79.1. The lowest BCUT2D eigenvalue weighted by Crippen LogP contribution is -2.30. The summed E-state index contributed by atoms with van der Waals surface area (Å²) >= 11 is 0. The highest BCUT2D eigenvalue weighted by atomic mass is 31.2. The number of carbonyl (C=O) groups is 4. The van der Waals surface area contributed by atoms with Crippen LogP contribution in [0.4, 0.5) is 0 Å². The maximum atomic E-state index is 12.9. The van der Waals surface area contributed by atoms with Crippen LogP contribution in [0.15, 0.2) is 0 Å². The summed E-state index contributed by atoms with van der Waals surface area (Å²) in [4.78, 5) is 71.8. The van der Waals surface area contributed by atoms with E-state index >= 15 is 0 Å². The molecule has 0 aliphatic rings. The van der Waals surface area contributed by atoms with Gasteiger partial charge in [-0.3, -0.25) is 37.3 Å². The fourth-order valence-electron chi connectivity index (χ4n) is 9.18. The second-order valence-corrected chi connectivity index (χ2v) is 26.3. The Hall–Kier alpha value is -1.94. The molecule has 2 unspecified atom stereocenters. The second-order valence-electron chi connectivity index (χ2n) is 23.4. The summed E-state index contributed by atoms with van der Waals surface area (Å²) in [5, 5.41) is 10.5. The normalized spacial score (nSPS) is 14.4. The minimum Gasteiger partial charge on any atom is -0.462 e. The molecule has 0 heterocycles. The van der Waals surface area contributed by atoms with Crippen molar-refractivity contribution in [1.82, 2.24) is 0 Å². The molecule has 0 saturated heterocycles. The van der Waals surface area contributed by atoms with Crippen molar-refractivity contribution in [2.75, 3.05) is 39.6 Å². The zero-order valence-corrected chi connectivity index (χ0v) is 53.9. The van der Waals surface area contributed by atoms with Crippen LogP contribution >= 0.6 is 15.6 Å². The summed E-state index contributed by atoms with van der Waals surface area (Å²) in [5.74, 6) is -0.805. The monoisotopic (exact) mass is 1200 g/mol. The van der Waals surface area contributed by atoms with Gasteiger partial charge in [-0.15, -0.1) is 0 Å². The summed E-state index contributed by atoms with van der Waals surface area (Å²) in [6.07, 6.45) is 37.0. The second kappa shape index (κ2) is 54.7. The highest BCUT2D eigenvalue weighted by Gasteiger charge is 2.30. The van der Waals surface area contributed by atoms with E-state index in [1.165, 1.54) is 109 Å². The van der Waals surface area contributed by atoms with Gasteiger partial charge in [-0.2, -0.15) is 0 Å². The number of phosphoric ester groups is 2. The molecule has 0 fully saturated rings. The van der Waals surface area contributed by atoms with E-state index in [1.807, 2.05) is 0 Å². The van der Waals surface area contributed by atoms with Crippen molar-refractivity contribution in [1.29, 1.82) is 0 Å². The molecule has 5 atom stereocenters. The smallest absolute Gasteiger partial charge is 0.462 e. The summed E-state index contributed by atoms with van der Waals surface area (Å²) in [5.41, 5.74) is 0. The zero-order chi connectivity index (χ0) is 60.1. The number of rotatable bonds is 61. The van der Waals surface area contributed by atoms with Crippen LogP contribution < -0.4 is 0 Å². The van der Waals surface area contributed by atoms with E-state index in [9.17, 15) is 43.2 Å². The molecule has 0 radical (unpaired) electrons. The maximum Gasteiger partial charge on any atom is 0.472 e. The van der Waals surface area contributed by atoms with Gasteiger partial charge in [0, 0.05) is 25.7 Å². The van der Waals surface area contributed by atoms with Gasteiger partial charge in [-0.05, 0) is 37.5 Å². The molecule has 3 N–H and O–H groups in total. The fraction of sp³-hybridized carbons (Fsp3) is 0.935. The minimum absolute atomic E-state index is 0.101. The van der Waals surface area contributed by atoms with Gasteiger partial charge in [0.2, 0.25) is 0 Å². The Balaban J connectivity index is 5.11. The zero-order valence-electron chi connectivity index (χ0n) is 52.1. The van der Waals surface area contributed by atoms with Gasteiger partial charge in [0.05, 0.1) is 26.4 Å². The first-order chi connectivity index (χ1) is 38.9. The lowest BCUT2D eigenvalue weighted by atomic mass is 10.0. The minimum atomic E-state index is -4.94. The summed E-state index contributed by atoms with van der Waals surface area (Å²) in [7, 11) is -9.87. The topological polar surface area (TPSA) is 237 Å². The average molecular weight is 1200 g/mol. The van der Waals surface area contributed by atoms with Crippen LogP contribution in [-0.4, -0.2) is 96.7 Å². The van der Waals surface area contributed by atoms with Crippen molar-refractivity contribution in [2.45, 2.75) is 323 Å². The lowest BCUT2D eigenvalue weighted by molar-refractivity contribution is -0.161. The number of unbranched alkanes of at least 4 members (excludes halogenated alkanes) is 31. The first-order valence-electron chi connectivity index (χ1n) is 32.5. The standard InChI is InChI=1S/C62H120O17P2/c1-7-9-11-13-14-15-16-17-18-19-20-21-22-23-24-25-34-40-46-61(66)78-58(51-73-60(65)45-39-33-28-26-31-36-42-54(3)4)53-77-81(70,71)75-49-56(63)48-74-80(68,69)76-52-57(50-72-59(64)44-38-30-12-10-8-2)79-62(67)47-41-35-29-27-32-37-43-55(5)6/h54-58,63H,7-53H2,1-6H3,(H,68,69)(H,70,71)/t56-,57+,58+/m0/s1. The molecule has 0 aliphatic heterocycles. The Morgan fingerprint density at radius 1 is 0.333 bits per heavy atom. The Kier molecular flexibility index (Phi) is 53.4. The molecule has 0 saturated carbocycles. The molecule has 19 heteroatoms. The summed E-state index contributed by atoms with van der Waals surface area (Å²) < 4.78 is 67.6. The van der Waals surface area contributed by atoms with Crippen LogP contribution in [0.3, 0.4) is 0 Å². The van der Waals surface area contributed by atoms with Crippen LogP contribution in [0.5, 0.6) is 0 Å². The molecule has 0 spiro atoms. The van der Waals surface area contributed by atoms with E-state index < -0.39 is 97.5 Å². The van der Waals surface area contributed by atoms with Gasteiger partial charge in [0.1, 0.15) is 19.3 Å². The maximum absolute atomic E-state index is 12.9. The number of aliphatic hydroxyl groups is 1.